The summed E-state index contributed by atoms with van der Waals surface area (Å²) < 4.78 is 32.0. The van der Waals surface area contributed by atoms with Gasteiger partial charge in [0.1, 0.15) is 11.7 Å². The minimum absolute atomic E-state index is 0.316. The predicted molar refractivity (Wildman–Crippen MR) is 72.0 cm³/mol. The van der Waals surface area contributed by atoms with Gasteiger partial charge >= 0.3 is 0 Å². The van der Waals surface area contributed by atoms with Gasteiger partial charge in [-0.15, -0.1) is 0 Å². The van der Waals surface area contributed by atoms with E-state index in [9.17, 15) is 18.8 Å². The van der Waals surface area contributed by atoms with Gasteiger partial charge in [0, 0.05) is 5.56 Å². The van der Waals surface area contributed by atoms with Gasteiger partial charge < -0.3 is 4.74 Å². The Morgan fingerprint density at radius 2 is 1.90 bits per heavy atom. The second kappa shape index (κ2) is 6.14. The molecule has 0 aliphatic carbocycles. The first kappa shape index (κ1) is 14.7. The molecule has 21 heavy (non-hydrogen) atoms. The van der Waals surface area contributed by atoms with Crippen LogP contribution in [0.15, 0.2) is 42.5 Å². The fourth-order valence-electron chi connectivity index (χ4n) is 2.02. The molecule has 0 aromatic heterocycles. The van der Waals surface area contributed by atoms with E-state index in [0.29, 0.717) is 11.3 Å². The molecule has 0 saturated carbocycles. The van der Waals surface area contributed by atoms with Crippen molar-refractivity contribution < 1.29 is 18.3 Å². The summed E-state index contributed by atoms with van der Waals surface area (Å²) in [6, 6.07) is 11.6. The number of ether oxygens (including phenoxy) is 1. The predicted octanol–water partition coefficient (Wildman–Crippen LogP) is 3.46. The summed E-state index contributed by atoms with van der Waals surface area (Å²) in [5, 5.41) is 9.25. The minimum atomic E-state index is -1.27. The third-order valence-corrected chi connectivity index (χ3v) is 3.06. The number of carbonyl (C=O) groups is 1. The SMILES string of the molecule is COc1ccccc1C(C#N)C(=O)c1cccc(F)c1F. The monoisotopic (exact) mass is 287 g/mol. The molecule has 1 atom stereocenters. The lowest BCUT2D eigenvalue weighted by Gasteiger charge is -2.13. The van der Waals surface area contributed by atoms with Crippen molar-refractivity contribution in [3.8, 4) is 11.8 Å². The van der Waals surface area contributed by atoms with E-state index in [1.54, 1.807) is 24.3 Å². The molecule has 0 spiro atoms. The molecule has 2 aromatic rings. The number of hydrogen-bond donors (Lipinski definition) is 0. The van der Waals surface area contributed by atoms with Crippen LogP contribution in [-0.2, 0) is 0 Å². The van der Waals surface area contributed by atoms with E-state index < -0.39 is 28.9 Å². The molecule has 0 heterocycles. The number of benzene rings is 2. The summed E-state index contributed by atoms with van der Waals surface area (Å²) in [5.41, 5.74) is -0.136. The van der Waals surface area contributed by atoms with E-state index in [4.69, 9.17) is 4.74 Å². The number of Topliss-reactive ketones (excluding diaryl/α,β-unsaturated/α-hetero) is 1. The third-order valence-electron chi connectivity index (χ3n) is 3.06. The number of para-hydroxylation sites is 1. The van der Waals surface area contributed by atoms with E-state index in [-0.39, 0.29) is 0 Å². The molecule has 0 amide bonds. The molecule has 0 N–H and O–H groups in total. The third kappa shape index (κ3) is 2.75. The lowest BCUT2D eigenvalue weighted by Crippen LogP contribution is -2.14. The number of nitrogens with zero attached hydrogens (tertiary/aromatic N) is 1. The van der Waals surface area contributed by atoms with Gasteiger partial charge in [-0.05, 0) is 18.2 Å². The number of carbonyl (C=O) groups excluding carboxylic acids is 1. The van der Waals surface area contributed by atoms with E-state index in [0.717, 1.165) is 12.1 Å². The smallest absolute Gasteiger partial charge is 0.187 e. The van der Waals surface area contributed by atoms with E-state index in [1.165, 1.54) is 13.2 Å². The molecule has 0 fully saturated rings. The van der Waals surface area contributed by atoms with Crippen molar-refractivity contribution in [3.05, 3.63) is 65.2 Å². The fraction of sp³-hybridized carbons (Fsp3) is 0.125. The summed E-state index contributed by atoms with van der Waals surface area (Å²) in [4.78, 5) is 12.3. The average Bonchev–Trinajstić information content (AvgIpc) is 2.51. The molecule has 5 heteroatoms. The highest BCUT2D eigenvalue weighted by Gasteiger charge is 2.27. The molecule has 2 aromatic carbocycles. The molecular formula is C16H11F2NO2. The van der Waals surface area contributed by atoms with Gasteiger partial charge in [0.25, 0.3) is 0 Å². The van der Waals surface area contributed by atoms with Crippen LogP contribution in [0.4, 0.5) is 8.78 Å². The second-order valence-electron chi connectivity index (χ2n) is 4.27. The van der Waals surface area contributed by atoms with Crippen LogP contribution >= 0.6 is 0 Å². The highest BCUT2D eigenvalue weighted by molar-refractivity contribution is 6.03. The summed E-state index contributed by atoms with van der Waals surface area (Å²) in [7, 11) is 1.40. The molecule has 0 radical (unpaired) electrons. The van der Waals surface area contributed by atoms with Crippen LogP contribution in [0, 0.1) is 23.0 Å². The highest BCUT2D eigenvalue weighted by atomic mass is 19.2. The largest absolute Gasteiger partial charge is 0.496 e. The average molecular weight is 287 g/mol. The van der Waals surface area contributed by atoms with E-state index in [1.807, 2.05) is 6.07 Å². The second-order valence-corrected chi connectivity index (χ2v) is 4.27. The molecule has 0 saturated heterocycles. The van der Waals surface area contributed by atoms with Crippen molar-refractivity contribution in [1.82, 2.24) is 0 Å². The van der Waals surface area contributed by atoms with Crippen LogP contribution in [0.25, 0.3) is 0 Å². The Kier molecular flexibility index (Phi) is 4.29. The maximum Gasteiger partial charge on any atom is 0.187 e. The molecule has 0 aliphatic heterocycles. The zero-order valence-corrected chi connectivity index (χ0v) is 11.1. The number of hydrogen-bond acceptors (Lipinski definition) is 3. The van der Waals surface area contributed by atoms with Crippen molar-refractivity contribution in [1.29, 1.82) is 5.26 Å². The molecule has 1 unspecified atom stereocenters. The first-order chi connectivity index (χ1) is 10.1. The van der Waals surface area contributed by atoms with E-state index >= 15 is 0 Å². The molecule has 106 valence electrons. The summed E-state index contributed by atoms with van der Waals surface area (Å²) in [5.74, 6) is -4.11. The minimum Gasteiger partial charge on any atom is -0.496 e. The quantitative estimate of drug-likeness (QED) is 0.809. The summed E-state index contributed by atoms with van der Waals surface area (Å²) >= 11 is 0. The fourth-order valence-corrected chi connectivity index (χ4v) is 2.02. The maximum absolute atomic E-state index is 13.7. The van der Waals surface area contributed by atoms with Crippen molar-refractivity contribution in [2.24, 2.45) is 0 Å². The van der Waals surface area contributed by atoms with Gasteiger partial charge in [0.05, 0.1) is 18.7 Å². The van der Waals surface area contributed by atoms with Crippen LogP contribution in [-0.4, -0.2) is 12.9 Å². The van der Waals surface area contributed by atoms with Crippen molar-refractivity contribution in [2.45, 2.75) is 5.92 Å². The molecule has 3 nitrogen and oxygen atoms in total. The van der Waals surface area contributed by atoms with Gasteiger partial charge in [-0.3, -0.25) is 4.79 Å². The van der Waals surface area contributed by atoms with Crippen LogP contribution in [0.5, 0.6) is 5.75 Å². The molecule has 2 rings (SSSR count). The standard InChI is InChI=1S/C16H11F2NO2/c1-21-14-8-3-2-5-10(14)12(9-19)16(20)11-6-4-7-13(17)15(11)18/h2-8,12H,1H3. The Bertz CT molecular complexity index is 722. The molecule has 0 bridgehead atoms. The number of rotatable bonds is 4. The first-order valence-corrected chi connectivity index (χ1v) is 6.11. The van der Waals surface area contributed by atoms with Crippen LogP contribution in [0.2, 0.25) is 0 Å². The Hall–Kier alpha value is -2.74. The Balaban J connectivity index is 2.49. The lowest BCUT2D eigenvalue weighted by molar-refractivity contribution is 0.0973. The number of ketones is 1. The molecule has 0 aliphatic rings. The summed E-state index contributed by atoms with van der Waals surface area (Å²) in [6.07, 6.45) is 0. The number of nitriles is 1. The van der Waals surface area contributed by atoms with Gasteiger partial charge in [0.2, 0.25) is 0 Å². The highest BCUT2D eigenvalue weighted by Crippen LogP contribution is 2.29. The number of methoxy groups -OCH3 is 1. The summed E-state index contributed by atoms with van der Waals surface area (Å²) in [6.45, 7) is 0. The lowest BCUT2D eigenvalue weighted by atomic mass is 9.91. The van der Waals surface area contributed by atoms with Crippen LogP contribution in [0.3, 0.4) is 0 Å². The van der Waals surface area contributed by atoms with E-state index in [2.05, 4.69) is 0 Å². The van der Waals surface area contributed by atoms with Gasteiger partial charge in [-0.1, -0.05) is 24.3 Å². The zero-order valence-electron chi connectivity index (χ0n) is 11.1. The van der Waals surface area contributed by atoms with Gasteiger partial charge in [-0.2, -0.15) is 5.26 Å². The molecular weight excluding hydrogens is 276 g/mol. The maximum atomic E-state index is 13.7. The van der Waals surface area contributed by atoms with Gasteiger partial charge in [-0.25, -0.2) is 8.78 Å². The van der Waals surface area contributed by atoms with Gasteiger partial charge in [0.15, 0.2) is 17.4 Å². The van der Waals surface area contributed by atoms with Crippen molar-refractivity contribution in [2.75, 3.05) is 7.11 Å². The van der Waals surface area contributed by atoms with Crippen molar-refractivity contribution >= 4 is 5.78 Å². The topological polar surface area (TPSA) is 50.1 Å². The Labute approximate surface area is 120 Å². The Morgan fingerprint density at radius 1 is 1.19 bits per heavy atom. The number of halogens is 2. The van der Waals surface area contributed by atoms with Crippen LogP contribution in [0.1, 0.15) is 21.8 Å². The zero-order chi connectivity index (χ0) is 15.4. The Morgan fingerprint density at radius 3 is 2.57 bits per heavy atom. The first-order valence-electron chi connectivity index (χ1n) is 6.11. The normalized spacial score (nSPS) is 11.5. The van der Waals surface area contributed by atoms with Crippen LogP contribution < -0.4 is 4.74 Å². The van der Waals surface area contributed by atoms with Crippen molar-refractivity contribution in [3.63, 3.8) is 0 Å².